The van der Waals surface area contributed by atoms with Crippen molar-refractivity contribution in [2.24, 2.45) is 0 Å². The summed E-state index contributed by atoms with van der Waals surface area (Å²) in [6.45, 7) is 3.01. The lowest BCUT2D eigenvalue weighted by atomic mass is 10.1. The number of alkyl halides is 3. The number of carbonyl (C=O) groups is 1. The van der Waals surface area contributed by atoms with E-state index in [0.717, 1.165) is 11.6 Å². The molecule has 3 rings (SSSR count). The molecule has 0 spiro atoms. The molecule has 0 saturated carbocycles. The summed E-state index contributed by atoms with van der Waals surface area (Å²) < 4.78 is 54.0. The zero-order valence-corrected chi connectivity index (χ0v) is 15.0. The van der Waals surface area contributed by atoms with Crippen LogP contribution >= 0.6 is 0 Å². The summed E-state index contributed by atoms with van der Waals surface area (Å²) in [6.07, 6.45) is -4.52. The minimum Gasteiger partial charge on any atom is -0.346 e. The Morgan fingerprint density at radius 3 is 2.57 bits per heavy atom. The molecule has 3 aromatic rings. The Morgan fingerprint density at radius 1 is 1.14 bits per heavy atom. The van der Waals surface area contributed by atoms with E-state index < -0.39 is 23.5 Å². The number of amides is 1. The van der Waals surface area contributed by atoms with E-state index in [9.17, 15) is 22.4 Å². The van der Waals surface area contributed by atoms with Gasteiger partial charge in [-0.1, -0.05) is 29.5 Å². The molecule has 0 radical (unpaired) electrons. The first kappa shape index (κ1) is 19.5. The summed E-state index contributed by atoms with van der Waals surface area (Å²) >= 11 is 0. The summed E-state index contributed by atoms with van der Waals surface area (Å²) in [7, 11) is 0. The predicted octanol–water partition coefficient (Wildman–Crippen LogP) is 3.97. The van der Waals surface area contributed by atoms with Crippen molar-refractivity contribution in [3.63, 3.8) is 0 Å². The summed E-state index contributed by atoms with van der Waals surface area (Å²) in [5, 5.41) is 10.1. The van der Waals surface area contributed by atoms with Gasteiger partial charge in [0.05, 0.1) is 16.9 Å². The first-order valence-electron chi connectivity index (χ1n) is 8.30. The third-order valence-corrected chi connectivity index (χ3v) is 4.27. The van der Waals surface area contributed by atoms with Gasteiger partial charge in [0, 0.05) is 6.54 Å². The lowest BCUT2D eigenvalue weighted by Gasteiger charge is -2.13. The first-order chi connectivity index (χ1) is 13.2. The number of benzene rings is 2. The van der Waals surface area contributed by atoms with Gasteiger partial charge in [-0.25, -0.2) is 9.07 Å². The van der Waals surface area contributed by atoms with Gasteiger partial charge in [-0.2, -0.15) is 13.2 Å². The Hall–Kier alpha value is -3.23. The Labute approximate surface area is 158 Å². The number of hydrogen-bond donors (Lipinski definition) is 1. The fourth-order valence-electron chi connectivity index (χ4n) is 2.79. The molecule has 9 heteroatoms. The van der Waals surface area contributed by atoms with E-state index in [0.29, 0.717) is 11.4 Å². The van der Waals surface area contributed by atoms with Gasteiger partial charge in [-0.15, -0.1) is 5.10 Å². The Morgan fingerprint density at radius 2 is 1.86 bits per heavy atom. The summed E-state index contributed by atoms with van der Waals surface area (Å²) in [5.41, 5.74) is 0.566. The lowest BCUT2D eigenvalue weighted by molar-refractivity contribution is -0.138. The second-order valence-corrected chi connectivity index (χ2v) is 6.20. The molecule has 1 aromatic heterocycles. The molecule has 0 fully saturated rings. The highest BCUT2D eigenvalue weighted by Crippen LogP contribution is 2.31. The van der Waals surface area contributed by atoms with Crippen molar-refractivity contribution < 1.29 is 22.4 Å². The number of nitrogens with zero attached hydrogens (tertiary/aromatic N) is 3. The van der Waals surface area contributed by atoms with Gasteiger partial charge in [-0.05, 0) is 43.2 Å². The topological polar surface area (TPSA) is 59.8 Å². The van der Waals surface area contributed by atoms with Crippen molar-refractivity contribution in [2.45, 2.75) is 26.6 Å². The van der Waals surface area contributed by atoms with Crippen LogP contribution in [0.15, 0.2) is 42.5 Å². The maximum Gasteiger partial charge on any atom is 0.416 e. The van der Waals surface area contributed by atoms with Crippen LogP contribution in [0, 0.1) is 19.7 Å². The summed E-state index contributed by atoms with van der Waals surface area (Å²) in [5.74, 6) is -1.14. The fraction of sp³-hybridized carbons (Fsp3) is 0.211. The van der Waals surface area contributed by atoms with E-state index >= 15 is 0 Å². The molecule has 1 heterocycles. The van der Waals surface area contributed by atoms with Crippen molar-refractivity contribution in [3.05, 3.63) is 76.4 Å². The van der Waals surface area contributed by atoms with Gasteiger partial charge < -0.3 is 5.32 Å². The zero-order valence-electron chi connectivity index (χ0n) is 15.0. The molecule has 0 aliphatic heterocycles. The van der Waals surface area contributed by atoms with Gasteiger partial charge in [0.1, 0.15) is 5.82 Å². The predicted molar refractivity (Wildman–Crippen MR) is 93.4 cm³/mol. The minimum atomic E-state index is -4.52. The van der Waals surface area contributed by atoms with Crippen LogP contribution in [0.25, 0.3) is 5.69 Å². The van der Waals surface area contributed by atoms with Crippen LogP contribution in [0.1, 0.15) is 32.9 Å². The largest absolute Gasteiger partial charge is 0.416 e. The van der Waals surface area contributed by atoms with Gasteiger partial charge in [0.25, 0.3) is 5.91 Å². The SMILES string of the molecule is Cc1ccc(F)cc1-n1nnc(C(=O)NCc2ccccc2C(F)(F)F)c1C. The molecule has 146 valence electrons. The molecule has 0 aliphatic carbocycles. The number of nitrogens with one attached hydrogen (secondary N) is 1. The highest BCUT2D eigenvalue weighted by molar-refractivity contribution is 5.93. The number of aryl methyl sites for hydroxylation is 1. The maximum atomic E-state index is 13.5. The molecular formula is C19H16F4N4O. The average Bonchev–Trinajstić information content (AvgIpc) is 3.02. The number of rotatable bonds is 4. The molecule has 0 unspecified atom stereocenters. The van der Waals surface area contributed by atoms with Crippen molar-refractivity contribution in [2.75, 3.05) is 0 Å². The molecule has 1 amide bonds. The average molecular weight is 392 g/mol. The minimum absolute atomic E-state index is 0.0480. The van der Waals surface area contributed by atoms with Crippen LogP contribution in [-0.2, 0) is 12.7 Å². The molecular weight excluding hydrogens is 376 g/mol. The third-order valence-electron chi connectivity index (χ3n) is 4.27. The van der Waals surface area contributed by atoms with Gasteiger partial charge in [0.15, 0.2) is 5.69 Å². The van der Waals surface area contributed by atoms with E-state index in [2.05, 4.69) is 15.6 Å². The number of halogens is 4. The second-order valence-electron chi connectivity index (χ2n) is 6.20. The molecule has 2 aromatic carbocycles. The highest BCUT2D eigenvalue weighted by atomic mass is 19.4. The first-order valence-corrected chi connectivity index (χ1v) is 8.30. The molecule has 0 bridgehead atoms. The van der Waals surface area contributed by atoms with E-state index in [1.165, 1.54) is 35.0 Å². The van der Waals surface area contributed by atoms with E-state index in [-0.39, 0.29) is 17.8 Å². The van der Waals surface area contributed by atoms with E-state index in [4.69, 9.17) is 0 Å². The highest BCUT2D eigenvalue weighted by Gasteiger charge is 2.33. The number of aromatic nitrogens is 3. The van der Waals surface area contributed by atoms with Crippen molar-refractivity contribution in [1.82, 2.24) is 20.3 Å². The lowest BCUT2D eigenvalue weighted by Crippen LogP contribution is -2.25. The molecule has 1 N–H and O–H groups in total. The van der Waals surface area contributed by atoms with Crippen LogP contribution in [0.5, 0.6) is 0 Å². The summed E-state index contributed by atoms with van der Waals surface area (Å²) in [4.78, 5) is 12.4. The van der Waals surface area contributed by atoms with E-state index in [1.54, 1.807) is 19.9 Å². The normalized spacial score (nSPS) is 11.5. The van der Waals surface area contributed by atoms with Gasteiger partial charge >= 0.3 is 6.18 Å². The van der Waals surface area contributed by atoms with Crippen LogP contribution in [0.4, 0.5) is 17.6 Å². The Kier molecular flexibility index (Phi) is 5.17. The van der Waals surface area contributed by atoms with Crippen LogP contribution < -0.4 is 5.32 Å². The molecule has 28 heavy (non-hydrogen) atoms. The van der Waals surface area contributed by atoms with Crippen LogP contribution in [-0.4, -0.2) is 20.9 Å². The molecule has 0 atom stereocenters. The second kappa shape index (κ2) is 7.41. The Balaban J connectivity index is 1.82. The van der Waals surface area contributed by atoms with Crippen molar-refractivity contribution in [1.29, 1.82) is 0 Å². The molecule has 5 nitrogen and oxygen atoms in total. The third kappa shape index (κ3) is 3.88. The van der Waals surface area contributed by atoms with Crippen LogP contribution in [0.2, 0.25) is 0 Å². The van der Waals surface area contributed by atoms with Crippen molar-refractivity contribution >= 4 is 5.91 Å². The van der Waals surface area contributed by atoms with Gasteiger partial charge in [-0.3, -0.25) is 4.79 Å². The Bertz CT molecular complexity index is 1030. The molecule has 0 aliphatic rings. The quantitative estimate of drug-likeness (QED) is 0.684. The van der Waals surface area contributed by atoms with E-state index in [1.807, 2.05) is 0 Å². The van der Waals surface area contributed by atoms with Crippen LogP contribution in [0.3, 0.4) is 0 Å². The summed E-state index contributed by atoms with van der Waals surface area (Å²) in [6, 6.07) is 9.13. The monoisotopic (exact) mass is 392 g/mol. The zero-order chi connectivity index (χ0) is 20.5. The van der Waals surface area contributed by atoms with Crippen molar-refractivity contribution in [3.8, 4) is 5.69 Å². The maximum absolute atomic E-state index is 13.5. The molecule has 0 saturated heterocycles. The fourth-order valence-corrected chi connectivity index (χ4v) is 2.79. The number of hydrogen-bond acceptors (Lipinski definition) is 3. The van der Waals surface area contributed by atoms with Gasteiger partial charge in [0.2, 0.25) is 0 Å². The standard InChI is InChI=1S/C19H16F4N4O/c1-11-7-8-14(20)9-16(11)27-12(2)17(25-26-27)18(28)24-10-13-5-3-4-6-15(13)19(21,22)23/h3-9H,10H2,1-2H3,(H,24,28). The smallest absolute Gasteiger partial charge is 0.346 e. The number of carbonyl (C=O) groups excluding carboxylic acids is 1.